The number of amides is 1. The lowest BCUT2D eigenvalue weighted by molar-refractivity contribution is -0.130. The summed E-state index contributed by atoms with van der Waals surface area (Å²) in [6.45, 7) is 6.14. The molecular formula is C16H26N4O4S. The van der Waals surface area contributed by atoms with Gasteiger partial charge in [-0.05, 0) is 0 Å². The Hall–Kier alpha value is -1.45. The van der Waals surface area contributed by atoms with Gasteiger partial charge in [0.2, 0.25) is 5.91 Å². The van der Waals surface area contributed by atoms with E-state index in [9.17, 15) is 13.2 Å². The zero-order chi connectivity index (χ0) is 17.9. The number of carbonyl (C=O) groups excluding carboxylic acids is 1. The van der Waals surface area contributed by atoms with Crippen LogP contribution in [0.3, 0.4) is 0 Å². The lowest BCUT2D eigenvalue weighted by Crippen LogP contribution is -2.36. The molecule has 0 bridgehead atoms. The number of fused-ring (bicyclic) bond motifs is 1. The highest BCUT2D eigenvalue weighted by Gasteiger charge is 2.22. The van der Waals surface area contributed by atoms with Gasteiger partial charge in [-0.15, -0.1) is 0 Å². The predicted octanol–water partition coefficient (Wildman–Crippen LogP) is -0.465. The molecule has 0 radical (unpaired) electrons. The fraction of sp³-hybridized carbons (Fsp3) is 0.750. The molecule has 0 atom stereocenters. The summed E-state index contributed by atoms with van der Waals surface area (Å²) in [5.74, 6) is 0.822. The molecule has 3 heterocycles. The predicted molar refractivity (Wildman–Crippen MR) is 92.9 cm³/mol. The van der Waals surface area contributed by atoms with Crippen molar-refractivity contribution in [1.82, 2.24) is 19.4 Å². The summed E-state index contributed by atoms with van der Waals surface area (Å²) < 4.78 is 30.1. The summed E-state index contributed by atoms with van der Waals surface area (Å²) in [4.78, 5) is 20.9. The van der Waals surface area contributed by atoms with E-state index in [2.05, 4.69) is 14.5 Å². The van der Waals surface area contributed by atoms with Crippen LogP contribution in [-0.4, -0.2) is 85.1 Å². The van der Waals surface area contributed by atoms with Crippen molar-refractivity contribution in [2.24, 2.45) is 0 Å². The first-order valence-electron chi connectivity index (χ1n) is 8.71. The lowest BCUT2D eigenvalue weighted by atomic mass is 10.3. The molecule has 2 aliphatic rings. The number of ether oxygens (including phenoxy) is 1. The average molecular weight is 370 g/mol. The molecule has 3 rings (SSSR count). The SMILES string of the molecule is CS(=O)(=O)CCC(=O)N1CCc2ncc(CN3CCOCC3)n2CC1. The topological polar surface area (TPSA) is 84.7 Å². The highest BCUT2D eigenvalue weighted by atomic mass is 32.2. The maximum atomic E-state index is 12.3. The number of sulfone groups is 1. The van der Waals surface area contributed by atoms with E-state index in [0.717, 1.165) is 44.9 Å². The molecule has 1 saturated heterocycles. The first kappa shape index (κ1) is 18.3. The normalized spacial score (nSPS) is 19.5. The number of nitrogens with zero attached hydrogens (tertiary/aromatic N) is 4. The molecular weight excluding hydrogens is 344 g/mol. The fourth-order valence-corrected chi connectivity index (χ4v) is 3.83. The van der Waals surface area contributed by atoms with Crippen molar-refractivity contribution in [3.8, 4) is 0 Å². The minimum atomic E-state index is -3.11. The number of morpholine rings is 1. The van der Waals surface area contributed by atoms with E-state index in [4.69, 9.17) is 4.74 Å². The van der Waals surface area contributed by atoms with Crippen LogP contribution in [0.1, 0.15) is 17.9 Å². The molecule has 1 fully saturated rings. The molecule has 0 aliphatic carbocycles. The Balaban J connectivity index is 1.59. The van der Waals surface area contributed by atoms with E-state index in [0.29, 0.717) is 26.1 Å². The molecule has 0 unspecified atom stereocenters. The Bertz CT molecular complexity index is 710. The van der Waals surface area contributed by atoms with Crippen LogP contribution < -0.4 is 0 Å². The first-order chi connectivity index (χ1) is 11.9. The molecule has 25 heavy (non-hydrogen) atoms. The van der Waals surface area contributed by atoms with E-state index < -0.39 is 9.84 Å². The van der Waals surface area contributed by atoms with Crippen LogP contribution in [0.15, 0.2) is 6.20 Å². The summed E-state index contributed by atoms with van der Waals surface area (Å²) in [6.07, 6.45) is 3.86. The van der Waals surface area contributed by atoms with Crippen molar-refractivity contribution in [3.05, 3.63) is 17.7 Å². The van der Waals surface area contributed by atoms with Crippen LogP contribution >= 0.6 is 0 Å². The molecule has 1 aromatic rings. The molecule has 2 aliphatic heterocycles. The third-order valence-electron chi connectivity index (χ3n) is 4.75. The van der Waals surface area contributed by atoms with Gasteiger partial charge in [0.1, 0.15) is 15.7 Å². The maximum absolute atomic E-state index is 12.3. The maximum Gasteiger partial charge on any atom is 0.223 e. The zero-order valence-corrected chi connectivity index (χ0v) is 15.5. The van der Waals surface area contributed by atoms with Crippen LogP contribution in [-0.2, 0) is 38.9 Å². The second-order valence-electron chi connectivity index (χ2n) is 6.72. The summed E-state index contributed by atoms with van der Waals surface area (Å²) in [7, 11) is -3.11. The number of carbonyl (C=O) groups is 1. The molecule has 1 amide bonds. The Morgan fingerprint density at radius 1 is 1.20 bits per heavy atom. The van der Waals surface area contributed by atoms with Gasteiger partial charge >= 0.3 is 0 Å². The number of imidazole rings is 1. The highest BCUT2D eigenvalue weighted by molar-refractivity contribution is 7.90. The Kier molecular flexibility index (Phi) is 5.75. The van der Waals surface area contributed by atoms with Crippen molar-refractivity contribution in [2.45, 2.75) is 25.9 Å². The smallest absolute Gasteiger partial charge is 0.223 e. The van der Waals surface area contributed by atoms with Crippen molar-refractivity contribution >= 4 is 15.7 Å². The van der Waals surface area contributed by atoms with Crippen LogP contribution in [0.4, 0.5) is 0 Å². The second kappa shape index (κ2) is 7.84. The third-order valence-corrected chi connectivity index (χ3v) is 5.69. The van der Waals surface area contributed by atoms with Gasteiger partial charge in [-0.25, -0.2) is 13.4 Å². The third kappa shape index (κ3) is 5.02. The van der Waals surface area contributed by atoms with Gasteiger partial charge in [0, 0.05) is 64.6 Å². The Morgan fingerprint density at radius 2 is 1.96 bits per heavy atom. The summed E-state index contributed by atoms with van der Waals surface area (Å²) in [5, 5.41) is 0. The highest BCUT2D eigenvalue weighted by Crippen LogP contribution is 2.15. The van der Waals surface area contributed by atoms with Crippen molar-refractivity contribution < 1.29 is 17.9 Å². The summed E-state index contributed by atoms with van der Waals surface area (Å²) >= 11 is 0. The van der Waals surface area contributed by atoms with E-state index in [1.54, 1.807) is 4.90 Å². The molecule has 1 aromatic heterocycles. The van der Waals surface area contributed by atoms with Gasteiger partial charge in [-0.2, -0.15) is 0 Å². The van der Waals surface area contributed by atoms with E-state index in [1.807, 2.05) is 6.20 Å². The van der Waals surface area contributed by atoms with E-state index in [1.165, 1.54) is 5.69 Å². The largest absolute Gasteiger partial charge is 0.379 e. The number of hydrogen-bond donors (Lipinski definition) is 0. The molecule has 8 nitrogen and oxygen atoms in total. The van der Waals surface area contributed by atoms with Crippen LogP contribution in [0.2, 0.25) is 0 Å². The fourth-order valence-electron chi connectivity index (χ4n) is 3.29. The van der Waals surface area contributed by atoms with Gasteiger partial charge < -0.3 is 14.2 Å². The van der Waals surface area contributed by atoms with Crippen LogP contribution in [0, 0.1) is 0 Å². The molecule has 0 aromatic carbocycles. The average Bonchev–Trinajstić information content (AvgIpc) is 2.82. The minimum absolute atomic E-state index is 0.0573. The Morgan fingerprint density at radius 3 is 2.68 bits per heavy atom. The van der Waals surface area contributed by atoms with Crippen molar-refractivity contribution in [3.63, 3.8) is 0 Å². The zero-order valence-electron chi connectivity index (χ0n) is 14.7. The van der Waals surface area contributed by atoms with Crippen LogP contribution in [0.5, 0.6) is 0 Å². The molecule has 0 spiro atoms. The molecule has 140 valence electrons. The molecule has 0 N–H and O–H groups in total. The van der Waals surface area contributed by atoms with Gasteiger partial charge in [0.25, 0.3) is 0 Å². The summed E-state index contributed by atoms with van der Waals surface area (Å²) in [5.41, 5.74) is 1.17. The van der Waals surface area contributed by atoms with Gasteiger partial charge in [0.05, 0.1) is 24.7 Å². The number of aromatic nitrogens is 2. The van der Waals surface area contributed by atoms with Gasteiger partial charge in [0.15, 0.2) is 0 Å². The quantitative estimate of drug-likeness (QED) is 0.697. The van der Waals surface area contributed by atoms with Gasteiger partial charge in [-0.3, -0.25) is 9.69 Å². The van der Waals surface area contributed by atoms with Crippen molar-refractivity contribution in [2.75, 3.05) is 51.4 Å². The number of rotatable bonds is 5. The standard InChI is InChI=1S/C16H26N4O4S/c1-25(22,23)11-3-16(21)19-4-2-15-17-12-14(20(15)6-5-19)13-18-7-9-24-10-8-18/h12H,2-11,13H2,1H3. The van der Waals surface area contributed by atoms with E-state index in [-0.39, 0.29) is 18.1 Å². The molecule has 9 heteroatoms. The second-order valence-corrected chi connectivity index (χ2v) is 8.98. The van der Waals surface area contributed by atoms with Gasteiger partial charge in [-0.1, -0.05) is 0 Å². The van der Waals surface area contributed by atoms with E-state index >= 15 is 0 Å². The molecule has 0 saturated carbocycles. The van der Waals surface area contributed by atoms with Crippen LogP contribution in [0.25, 0.3) is 0 Å². The van der Waals surface area contributed by atoms with Crippen molar-refractivity contribution in [1.29, 1.82) is 0 Å². The number of hydrogen-bond acceptors (Lipinski definition) is 6. The minimum Gasteiger partial charge on any atom is -0.379 e. The monoisotopic (exact) mass is 370 g/mol. The lowest BCUT2D eigenvalue weighted by Gasteiger charge is -2.27. The summed E-state index contributed by atoms with van der Waals surface area (Å²) in [6, 6.07) is 0. The Labute approximate surface area is 148 Å². The first-order valence-corrected chi connectivity index (χ1v) is 10.8.